The standard InChI is InChI=1S/C16H21F2N3O2/c1-11(22)19-13-3-2-7-21(10-13)8-6-16(23)20-15-9-12(17)4-5-14(15)18/h4-5,9,13H,2-3,6-8,10H2,1H3,(H,19,22)(H,20,23)/t13-/m0/s1. The summed E-state index contributed by atoms with van der Waals surface area (Å²) in [7, 11) is 0. The summed E-state index contributed by atoms with van der Waals surface area (Å²) in [5.41, 5.74) is -0.148. The SMILES string of the molecule is CC(=O)N[C@H]1CCCN(CCC(=O)Nc2cc(F)ccc2F)C1. The largest absolute Gasteiger partial charge is 0.352 e. The second-order valence-corrected chi connectivity index (χ2v) is 5.76. The minimum absolute atomic E-state index is 0.0591. The van der Waals surface area contributed by atoms with Crippen LogP contribution >= 0.6 is 0 Å². The number of carbonyl (C=O) groups is 2. The Morgan fingerprint density at radius 3 is 2.87 bits per heavy atom. The summed E-state index contributed by atoms with van der Waals surface area (Å²) >= 11 is 0. The Kier molecular flexibility index (Phi) is 6.04. The molecular weight excluding hydrogens is 304 g/mol. The molecule has 1 fully saturated rings. The van der Waals surface area contributed by atoms with E-state index >= 15 is 0 Å². The Morgan fingerprint density at radius 1 is 1.35 bits per heavy atom. The average Bonchev–Trinajstić information content (AvgIpc) is 2.49. The summed E-state index contributed by atoms with van der Waals surface area (Å²) < 4.78 is 26.5. The molecule has 7 heteroatoms. The lowest BCUT2D eigenvalue weighted by atomic mass is 10.1. The number of piperidine rings is 1. The molecule has 23 heavy (non-hydrogen) atoms. The summed E-state index contributed by atoms with van der Waals surface area (Å²) in [6.07, 6.45) is 2.06. The zero-order valence-electron chi connectivity index (χ0n) is 13.1. The van der Waals surface area contributed by atoms with Gasteiger partial charge in [0.05, 0.1) is 5.69 Å². The van der Waals surface area contributed by atoms with Gasteiger partial charge in [0.2, 0.25) is 11.8 Å². The molecule has 1 aromatic carbocycles. The monoisotopic (exact) mass is 325 g/mol. The van der Waals surface area contributed by atoms with Crippen LogP contribution < -0.4 is 10.6 Å². The van der Waals surface area contributed by atoms with E-state index < -0.39 is 11.6 Å². The molecular formula is C16H21F2N3O2. The molecule has 0 radical (unpaired) electrons. The van der Waals surface area contributed by atoms with Crippen LogP contribution in [0.2, 0.25) is 0 Å². The lowest BCUT2D eigenvalue weighted by molar-refractivity contribution is -0.120. The first-order valence-corrected chi connectivity index (χ1v) is 7.68. The first-order chi connectivity index (χ1) is 10.9. The number of halogens is 2. The van der Waals surface area contributed by atoms with Crippen molar-refractivity contribution in [1.29, 1.82) is 0 Å². The normalized spacial score (nSPS) is 18.5. The molecule has 1 saturated heterocycles. The van der Waals surface area contributed by atoms with E-state index in [9.17, 15) is 18.4 Å². The molecule has 1 atom stereocenters. The molecule has 0 unspecified atom stereocenters. The molecule has 1 aliphatic rings. The number of nitrogens with one attached hydrogen (secondary N) is 2. The molecule has 5 nitrogen and oxygen atoms in total. The number of hydrogen-bond acceptors (Lipinski definition) is 3. The maximum atomic E-state index is 13.5. The van der Waals surface area contributed by atoms with Gasteiger partial charge in [-0.1, -0.05) is 0 Å². The highest BCUT2D eigenvalue weighted by Crippen LogP contribution is 2.16. The smallest absolute Gasteiger partial charge is 0.225 e. The number of likely N-dealkylation sites (tertiary alicyclic amines) is 1. The van der Waals surface area contributed by atoms with Crippen molar-refractivity contribution in [1.82, 2.24) is 10.2 Å². The molecule has 1 aromatic rings. The van der Waals surface area contributed by atoms with E-state index in [-0.39, 0.29) is 30.0 Å². The second-order valence-electron chi connectivity index (χ2n) is 5.76. The maximum Gasteiger partial charge on any atom is 0.225 e. The number of carbonyl (C=O) groups excluding carboxylic acids is 2. The molecule has 2 rings (SSSR count). The van der Waals surface area contributed by atoms with Crippen LogP contribution in [0.25, 0.3) is 0 Å². The average molecular weight is 325 g/mol. The second kappa shape index (κ2) is 8.01. The number of hydrogen-bond donors (Lipinski definition) is 2. The number of nitrogens with zero attached hydrogens (tertiary/aromatic N) is 1. The van der Waals surface area contributed by atoms with Gasteiger partial charge in [-0.05, 0) is 31.5 Å². The first-order valence-electron chi connectivity index (χ1n) is 7.68. The van der Waals surface area contributed by atoms with Gasteiger partial charge in [-0.2, -0.15) is 0 Å². The summed E-state index contributed by atoms with van der Waals surface area (Å²) in [5, 5.41) is 5.26. The van der Waals surface area contributed by atoms with Gasteiger partial charge in [-0.3, -0.25) is 9.59 Å². The quantitative estimate of drug-likeness (QED) is 0.869. The Labute approximate surface area is 134 Å². The van der Waals surface area contributed by atoms with Crippen molar-refractivity contribution in [3.63, 3.8) is 0 Å². The van der Waals surface area contributed by atoms with Crippen molar-refractivity contribution >= 4 is 17.5 Å². The molecule has 2 N–H and O–H groups in total. The topological polar surface area (TPSA) is 61.4 Å². The van der Waals surface area contributed by atoms with Gasteiger partial charge < -0.3 is 15.5 Å². The Hall–Kier alpha value is -2.02. The summed E-state index contributed by atoms with van der Waals surface area (Å²) in [5.74, 6) is -1.69. The van der Waals surface area contributed by atoms with E-state index in [1.807, 2.05) is 0 Å². The lowest BCUT2D eigenvalue weighted by Crippen LogP contribution is -2.47. The van der Waals surface area contributed by atoms with Crippen molar-refractivity contribution in [2.45, 2.75) is 32.2 Å². The van der Waals surface area contributed by atoms with E-state index in [4.69, 9.17) is 0 Å². The van der Waals surface area contributed by atoms with Gasteiger partial charge in [0.15, 0.2) is 0 Å². The zero-order chi connectivity index (χ0) is 16.8. The number of amides is 2. The van der Waals surface area contributed by atoms with Gasteiger partial charge >= 0.3 is 0 Å². The van der Waals surface area contributed by atoms with Crippen LogP contribution in [-0.2, 0) is 9.59 Å². The Morgan fingerprint density at radius 2 is 2.13 bits per heavy atom. The molecule has 0 bridgehead atoms. The van der Waals surface area contributed by atoms with Crippen molar-refractivity contribution < 1.29 is 18.4 Å². The van der Waals surface area contributed by atoms with E-state index in [0.29, 0.717) is 13.1 Å². The Balaban J connectivity index is 1.79. The molecule has 0 aliphatic carbocycles. The molecule has 1 heterocycles. The zero-order valence-corrected chi connectivity index (χ0v) is 13.1. The number of anilines is 1. The minimum atomic E-state index is -0.663. The van der Waals surface area contributed by atoms with Crippen molar-refractivity contribution in [3.8, 4) is 0 Å². The van der Waals surface area contributed by atoms with Crippen LogP contribution in [0.5, 0.6) is 0 Å². The fourth-order valence-electron chi connectivity index (χ4n) is 2.73. The van der Waals surface area contributed by atoms with Crippen molar-refractivity contribution in [2.24, 2.45) is 0 Å². The highest BCUT2D eigenvalue weighted by molar-refractivity contribution is 5.90. The van der Waals surface area contributed by atoms with Crippen molar-refractivity contribution in [2.75, 3.05) is 25.0 Å². The number of rotatable bonds is 5. The van der Waals surface area contributed by atoms with Crippen LogP contribution in [0.15, 0.2) is 18.2 Å². The predicted octanol–water partition coefficient (Wildman–Crippen LogP) is 1.89. The summed E-state index contributed by atoms with van der Waals surface area (Å²) in [4.78, 5) is 25.1. The number of benzene rings is 1. The fourth-order valence-corrected chi connectivity index (χ4v) is 2.73. The van der Waals surface area contributed by atoms with Crippen LogP contribution in [0, 0.1) is 11.6 Å². The third-order valence-electron chi connectivity index (χ3n) is 3.77. The minimum Gasteiger partial charge on any atom is -0.352 e. The fraction of sp³-hybridized carbons (Fsp3) is 0.500. The molecule has 126 valence electrons. The van der Waals surface area contributed by atoms with E-state index in [0.717, 1.165) is 37.6 Å². The van der Waals surface area contributed by atoms with E-state index in [1.54, 1.807) is 0 Å². The van der Waals surface area contributed by atoms with Crippen LogP contribution in [0.4, 0.5) is 14.5 Å². The Bertz CT molecular complexity index is 580. The highest BCUT2D eigenvalue weighted by Gasteiger charge is 2.20. The maximum absolute atomic E-state index is 13.5. The lowest BCUT2D eigenvalue weighted by Gasteiger charge is -2.32. The van der Waals surface area contributed by atoms with Crippen LogP contribution in [-0.4, -0.2) is 42.4 Å². The highest BCUT2D eigenvalue weighted by atomic mass is 19.1. The van der Waals surface area contributed by atoms with E-state index in [2.05, 4.69) is 15.5 Å². The molecule has 0 saturated carbocycles. The van der Waals surface area contributed by atoms with Gasteiger partial charge in [-0.15, -0.1) is 0 Å². The predicted molar refractivity (Wildman–Crippen MR) is 82.9 cm³/mol. The first kappa shape index (κ1) is 17.3. The third kappa shape index (κ3) is 5.59. The van der Waals surface area contributed by atoms with Gasteiger partial charge in [0.25, 0.3) is 0 Å². The van der Waals surface area contributed by atoms with Crippen LogP contribution in [0.3, 0.4) is 0 Å². The molecule has 0 spiro atoms. The molecule has 2 amide bonds. The van der Waals surface area contributed by atoms with Gasteiger partial charge in [0.1, 0.15) is 11.6 Å². The summed E-state index contributed by atoms with van der Waals surface area (Å²) in [6, 6.07) is 3.04. The summed E-state index contributed by atoms with van der Waals surface area (Å²) in [6.45, 7) is 3.55. The molecule has 0 aromatic heterocycles. The van der Waals surface area contributed by atoms with E-state index in [1.165, 1.54) is 6.92 Å². The van der Waals surface area contributed by atoms with Gasteiger partial charge in [-0.25, -0.2) is 8.78 Å². The van der Waals surface area contributed by atoms with Gasteiger partial charge in [0, 0.05) is 38.5 Å². The van der Waals surface area contributed by atoms with Crippen LogP contribution in [0.1, 0.15) is 26.2 Å². The molecule has 1 aliphatic heterocycles. The van der Waals surface area contributed by atoms with Crippen molar-refractivity contribution in [3.05, 3.63) is 29.8 Å². The third-order valence-corrected chi connectivity index (χ3v) is 3.77.